The van der Waals surface area contributed by atoms with Gasteiger partial charge in [-0.15, -0.1) is 0 Å². The molecule has 36 heavy (non-hydrogen) atoms. The third-order valence-corrected chi connectivity index (χ3v) is 9.65. The summed E-state index contributed by atoms with van der Waals surface area (Å²) in [5.74, 6) is 2.66. The molecule has 6 nitrogen and oxygen atoms in total. The number of carbonyl (C=O) groups is 2. The van der Waals surface area contributed by atoms with E-state index >= 15 is 0 Å². The number of amides is 1. The second kappa shape index (κ2) is 8.77. The van der Waals surface area contributed by atoms with Crippen LogP contribution in [0.2, 0.25) is 0 Å². The van der Waals surface area contributed by atoms with E-state index in [-0.39, 0.29) is 17.3 Å². The molecule has 4 aliphatic carbocycles. The molecule has 5 aliphatic rings. The Morgan fingerprint density at radius 2 is 1.64 bits per heavy atom. The van der Waals surface area contributed by atoms with Gasteiger partial charge >= 0.3 is 5.97 Å². The first kappa shape index (κ1) is 23.8. The minimum absolute atomic E-state index is 0.106. The van der Waals surface area contributed by atoms with E-state index in [9.17, 15) is 9.59 Å². The molecule has 1 aromatic heterocycles. The maximum Gasteiger partial charge on any atom is 0.317 e. The largest absolute Gasteiger partial charge is 0.493 e. The first-order chi connectivity index (χ1) is 17.3. The Balaban J connectivity index is 1.22. The number of hydrogen-bond donors (Lipinski definition) is 0. The van der Waals surface area contributed by atoms with E-state index in [2.05, 4.69) is 0 Å². The van der Waals surface area contributed by atoms with Crippen molar-refractivity contribution in [2.75, 3.05) is 12.1 Å². The molecule has 4 saturated carbocycles. The zero-order valence-electron chi connectivity index (χ0n) is 20.8. The molecule has 1 amide bonds. The zero-order chi connectivity index (χ0) is 25.2. The van der Waals surface area contributed by atoms with E-state index in [1.54, 1.807) is 25.3 Å². The van der Waals surface area contributed by atoms with Gasteiger partial charge in [-0.1, -0.05) is 17.8 Å². The Morgan fingerprint density at radius 1 is 1.03 bits per heavy atom. The van der Waals surface area contributed by atoms with Crippen molar-refractivity contribution in [3.8, 4) is 11.5 Å². The lowest BCUT2D eigenvalue weighted by Crippen LogP contribution is -2.51. The Hall–Kier alpha value is -2.58. The maximum atomic E-state index is 13.4. The first-order valence-corrected chi connectivity index (χ1v) is 13.8. The van der Waals surface area contributed by atoms with Crippen molar-refractivity contribution in [2.45, 2.75) is 52.4 Å². The highest BCUT2D eigenvalue weighted by molar-refractivity contribution is 8.27. The van der Waals surface area contributed by atoms with Crippen molar-refractivity contribution in [3.05, 3.63) is 52.2 Å². The summed E-state index contributed by atoms with van der Waals surface area (Å²) in [6.07, 6.45) is 8.52. The maximum absolute atomic E-state index is 13.4. The molecule has 1 saturated heterocycles. The van der Waals surface area contributed by atoms with Gasteiger partial charge in [0.05, 0.1) is 17.4 Å². The highest BCUT2D eigenvalue weighted by atomic mass is 32.2. The third kappa shape index (κ3) is 3.89. The first-order valence-electron chi connectivity index (χ1n) is 12.6. The Morgan fingerprint density at radius 3 is 2.22 bits per heavy atom. The van der Waals surface area contributed by atoms with Gasteiger partial charge < -0.3 is 9.47 Å². The number of aromatic nitrogens is 1. The molecule has 1 aliphatic heterocycles. The van der Waals surface area contributed by atoms with E-state index in [4.69, 9.17) is 21.7 Å². The van der Waals surface area contributed by atoms with Crippen LogP contribution in [0.3, 0.4) is 0 Å². The molecule has 4 bridgehead atoms. The van der Waals surface area contributed by atoms with Gasteiger partial charge in [-0.2, -0.15) is 5.01 Å². The van der Waals surface area contributed by atoms with Gasteiger partial charge in [0.15, 0.2) is 15.8 Å². The van der Waals surface area contributed by atoms with Crippen LogP contribution in [0.15, 0.2) is 35.2 Å². The number of esters is 1. The third-order valence-electron chi connectivity index (χ3n) is 8.37. The van der Waals surface area contributed by atoms with Gasteiger partial charge in [0.25, 0.3) is 5.91 Å². The molecule has 1 aromatic carbocycles. The second-order valence-electron chi connectivity index (χ2n) is 10.9. The molecule has 2 heterocycles. The lowest BCUT2D eigenvalue weighted by Gasteiger charge is -2.55. The van der Waals surface area contributed by atoms with E-state index < -0.39 is 0 Å². The van der Waals surface area contributed by atoms with Gasteiger partial charge in [0, 0.05) is 11.4 Å². The zero-order valence-corrected chi connectivity index (χ0v) is 22.4. The highest BCUT2D eigenvalue weighted by Gasteiger charge is 2.55. The molecule has 5 fully saturated rings. The SMILES string of the molecule is COc1cc(/C=C2\SC(=S)N(n3c(C)ccc3C)C2=O)ccc1OC(=O)C12CC3CC(CC(C3)C1)C2. The minimum Gasteiger partial charge on any atom is -0.493 e. The van der Waals surface area contributed by atoms with Crippen LogP contribution in [-0.4, -0.2) is 28.0 Å². The van der Waals surface area contributed by atoms with Crippen molar-refractivity contribution in [1.29, 1.82) is 0 Å². The molecule has 0 unspecified atom stereocenters. The Kier molecular flexibility index (Phi) is 5.80. The van der Waals surface area contributed by atoms with Crippen LogP contribution >= 0.6 is 24.0 Å². The number of thiocarbonyl (C=S) groups is 1. The van der Waals surface area contributed by atoms with Gasteiger partial charge in [-0.3, -0.25) is 14.3 Å². The second-order valence-corrected chi connectivity index (χ2v) is 12.6. The number of aryl methyl sites for hydroxylation is 2. The fraction of sp³-hybridized carbons (Fsp3) is 0.464. The monoisotopic (exact) mass is 522 g/mol. The van der Waals surface area contributed by atoms with Gasteiger partial charge in [0.2, 0.25) is 0 Å². The number of thioether (sulfide) groups is 1. The number of hydrogen-bond acceptors (Lipinski definition) is 6. The highest BCUT2D eigenvalue weighted by Crippen LogP contribution is 2.60. The van der Waals surface area contributed by atoms with Crippen molar-refractivity contribution in [3.63, 3.8) is 0 Å². The summed E-state index contributed by atoms with van der Waals surface area (Å²) in [6.45, 7) is 3.90. The van der Waals surface area contributed by atoms with Crippen LogP contribution in [0.5, 0.6) is 11.5 Å². The molecule has 0 spiro atoms. The van der Waals surface area contributed by atoms with Crippen LogP contribution < -0.4 is 14.5 Å². The van der Waals surface area contributed by atoms with Crippen LogP contribution in [0.1, 0.15) is 55.5 Å². The molecule has 0 N–H and O–H groups in total. The molecule has 0 radical (unpaired) electrons. The number of ether oxygens (including phenoxy) is 2. The smallest absolute Gasteiger partial charge is 0.317 e. The number of nitrogens with zero attached hydrogens (tertiary/aromatic N) is 2. The molecule has 8 heteroatoms. The van der Waals surface area contributed by atoms with E-state index in [0.717, 1.165) is 36.2 Å². The topological polar surface area (TPSA) is 60.8 Å². The van der Waals surface area contributed by atoms with Crippen molar-refractivity contribution in [1.82, 2.24) is 4.68 Å². The van der Waals surface area contributed by atoms with Crippen LogP contribution in [0.4, 0.5) is 0 Å². The van der Waals surface area contributed by atoms with Crippen LogP contribution in [-0.2, 0) is 9.59 Å². The van der Waals surface area contributed by atoms with Crippen molar-refractivity contribution < 1.29 is 19.1 Å². The average Bonchev–Trinajstić information content (AvgIpc) is 3.30. The van der Waals surface area contributed by atoms with Gasteiger partial charge in [0.1, 0.15) is 0 Å². The number of methoxy groups -OCH3 is 1. The minimum atomic E-state index is -0.332. The summed E-state index contributed by atoms with van der Waals surface area (Å²) in [4.78, 5) is 27.2. The van der Waals surface area contributed by atoms with Crippen molar-refractivity contribution >= 4 is 46.3 Å². The number of benzene rings is 1. The number of rotatable bonds is 5. The van der Waals surface area contributed by atoms with E-state index in [1.807, 2.05) is 36.7 Å². The predicted molar refractivity (Wildman–Crippen MR) is 145 cm³/mol. The quantitative estimate of drug-likeness (QED) is 0.215. The van der Waals surface area contributed by atoms with E-state index in [0.29, 0.717) is 38.5 Å². The Labute approximate surface area is 221 Å². The van der Waals surface area contributed by atoms with Gasteiger partial charge in [-0.05, 0) is 118 Å². The normalized spacial score (nSPS) is 29.9. The average molecular weight is 523 g/mol. The van der Waals surface area contributed by atoms with E-state index in [1.165, 1.54) is 36.0 Å². The summed E-state index contributed by atoms with van der Waals surface area (Å²) < 4.78 is 13.9. The lowest BCUT2D eigenvalue weighted by molar-refractivity contribution is -0.161. The van der Waals surface area contributed by atoms with Crippen LogP contribution in [0.25, 0.3) is 6.08 Å². The Bertz CT molecular complexity index is 1260. The predicted octanol–water partition coefficient (Wildman–Crippen LogP) is 5.77. The number of carbonyl (C=O) groups excluding carboxylic acids is 2. The van der Waals surface area contributed by atoms with Gasteiger partial charge in [-0.25, -0.2) is 0 Å². The lowest BCUT2D eigenvalue weighted by atomic mass is 9.49. The molecule has 188 valence electrons. The molecular weight excluding hydrogens is 492 g/mol. The summed E-state index contributed by atoms with van der Waals surface area (Å²) in [7, 11) is 1.57. The molecular formula is C28H30N2O4S2. The molecule has 7 rings (SSSR count). The van der Waals surface area contributed by atoms with Crippen LogP contribution in [0, 0.1) is 37.0 Å². The summed E-state index contributed by atoms with van der Waals surface area (Å²) in [5, 5.41) is 1.54. The fourth-order valence-corrected chi connectivity index (χ4v) is 8.43. The molecule has 2 aromatic rings. The molecule has 0 atom stereocenters. The van der Waals surface area contributed by atoms with Crippen molar-refractivity contribution in [2.24, 2.45) is 23.2 Å². The standard InChI is InChI=1S/C28H30N2O4S2/c1-16-4-5-17(2)29(16)30-25(31)24(36-27(30)35)12-18-6-7-22(23(11-18)33-3)34-26(32)28-13-19-8-20(14-28)10-21(9-19)15-28/h4-7,11-12,19-21H,8-10,13-15H2,1-3H3/b24-12-. The summed E-state index contributed by atoms with van der Waals surface area (Å²) >= 11 is 6.80. The summed E-state index contributed by atoms with van der Waals surface area (Å²) in [6, 6.07) is 9.35. The fourth-order valence-electron chi connectivity index (χ4n) is 7.19. The summed E-state index contributed by atoms with van der Waals surface area (Å²) in [5.41, 5.74) is 2.33.